The van der Waals surface area contributed by atoms with E-state index in [0.717, 1.165) is 63.2 Å². The van der Waals surface area contributed by atoms with Gasteiger partial charge in [0, 0.05) is 57.3 Å². The number of aryl methyl sites for hydroxylation is 2. The summed E-state index contributed by atoms with van der Waals surface area (Å²) in [4.78, 5) is 13.7. The number of hydrogen-bond donors (Lipinski definition) is 1. The zero-order valence-electron chi connectivity index (χ0n) is 27.0. The van der Waals surface area contributed by atoms with Gasteiger partial charge in [-0.15, -0.1) is 0 Å². The molecule has 0 saturated carbocycles. The molecular formula is C40H44N2O3. The number of aromatic nitrogens is 1. The second kappa shape index (κ2) is 13.2. The van der Waals surface area contributed by atoms with Gasteiger partial charge in [0.25, 0.3) is 0 Å². The van der Waals surface area contributed by atoms with E-state index >= 15 is 0 Å². The smallest absolute Gasteiger partial charge is 0.340 e. The summed E-state index contributed by atoms with van der Waals surface area (Å²) in [5.41, 5.74) is 7.47. The fraction of sp³-hybridized carbons (Fsp3) is 0.325. The molecule has 4 aromatic carbocycles. The molecule has 5 nitrogen and oxygen atoms in total. The second-order valence-corrected chi connectivity index (χ2v) is 12.1. The zero-order valence-corrected chi connectivity index (χ0v) is 27.0. The number of anilines is 2. The van der Waals surface area contributed by atoms with Crippen LogP contribution in [0.5, 0.6) is 5.75 Å². The van der Waals surface area contributed by atoms with Crippen molar-refractivity contribution in [3.8, 4) is 5.75 Å². The largest absolute Gasteiger partial charge is 0.493 e. The van der Waals surface area contributed by atoms with Crippen molar-refractivity contribution >= 4 is 28.2 Å². The first-order valence-electron chi connectivity index (χ1n) is 16.5. The van der Waals surface area contributed by atoms with E-state index < -0.39 is 5.60 Å². The summed E-state index contributed by atoms with van der Waals surface area (Å²) < 4.78 is 15.5. The molecule has 0 fully saturated rings. The lowest BCUT2D eigenvalue weighted by molar-refractivity contribution is 0.0246. The average molecular weight is 601 g/mol. The van der Waals surface area contributed by atoms with Crippen LogP contribution < -0.4 is 10.1 Å². The summed E-state index contributed by atoms with van der Waals surface area (Å²) in [6, 6.07) is 30.7. The summed E-state index contributed by atoms with van der Waals surface area (Å²) in [5, 5.41) is 4.66. The van der Waals surface area contributed by atoms with E-state index in [9.17, 15) is 4.79 Å². The molecule has 1 atom stereocenters. The lowest BCUT2D eigenvalue weighted by Gasteiger charge is -2.32. The van der Waals surface area contributed by atoms with Crippen LogP contribution in [-0.2, 0) is 16.9 Å². The molecular weight excluding hydrogens is 556 g/mol. The Morgan fingerprint density at radius 1 is 0.800 bits per heavy atom. The maximum absolute atomic E-state index is 13.7. The molecule has 1 unspecified atom stereocenters. The van der Waals surface area contributed by atoms with Crippen molar-refractivity contribution in [2.24, 2.45) is 0 Å². The molecule has 0 amide bonds. The number of benzene rings is 4. The highest BCUT2D eigenvalue weighted by molar-refractivity contribution is 5.99. The SMILES string of the molecule is CCCCCCCCn1c(C)c(C2(c3ccc(Nc4ccccc4C)cc3OCC)OC(=O)c3ccccc32)c2ccccc21. The second-order valence-electron chi connectivity index (χ2n) is 12.1. The summed E-state index contributed by atoms with van der Waals surface area (Å²) >= 11 is 0. The minimum Gasteiger partial charge on any atom is -0.493 e. The van der Waals surface area contributed by atoms with Gasteiger partial charge in [-0.2, -0.15) is 0 Å². The van der Waals surface area contributed by atoms with Gasteiger partial charge in [-0.3, -0.25) is 0 Å². The van der Waals surface area contributed by atoms with Crippen molar-refractivity contribution in [2.45, 2.75) is 78.4 Å². The quantitative estimate of drug-likeness (QED) is 0.108. The molecule has 1 aromatic heterocycles. The maximum atomic E-state index is 13.7. The van der Waals surface area contributed by atoms with Gasteiger partial charge in [0.15, 0.2) is 5.60 Å². The third-order valence-corrected chi connectivity index (χ3v) is 9.18. The van der Waals surface area contributed by atoms with E-state index in [0.29, 0.717) is 17.9 Å². The van der Waals surface area contributed by atoms with Crippen LogP contribution in [0.25, 0.3) is 10.9 Å². The number of esters is 1. The van der Waals surface area contributed by atoms with Crippen molar-refractivity contribution in [1.29, 1.82) is 0 Å². The fourth-order valence-electron chi connectivity index (χ4n) is 6.99. The predicted octanol–water partition coefficient (Wildman–Crippen LogP) is 10.2. The molecule has 1 aliphatic heterocycles. The van der Waals surface area contributed by atoms with Gasteiger partial charge in [-0.25, -0.2) is 4.79 Å². The van der Waals surface area contributed by atoms with Crippen molar-refractivity contribution in [3.63, 3.8) is 0 Å². The fourth-order valence-corrected chi connectivity index (χ4v) is 6.99. The lowest BCUT2D eigenvalue weighted by Crippen LogP contribution is -2.31. The number of ether oxygens (including phenoxy) is 2. The molecule has 6 rings (SSSR count). The number of rotatable bonds is 13. The standard InChI is InChI=1S/C40H44N2O3/c1-5-7-8-9-10-17-26-42-29(4)38(32-20-13-16-23-36(32)42)40(33-21-14-12-19-31(33)39(43)45-40)34-25-24-30(27-37(34)44-6-2)41-35-22-15-11-18-28(35)3/h11-16,18-25,27,41H,5-10,17,26H2,1-4H3. The first-order chi connectivity index (χ1) is 22.0. The van der Waals surface area contributed by atoms with Crippen molar-refractivity contribution < 1.29 is 14.3 Å². The molecule has 232 valence electrons. The monoisotopic (exact) mass is 600 g/mol. The highest BCUT2D eigenvalue weighted by Crippen LogP contribution is 2.53. The number of nitrogens with zero attached hydrogens (tertiary/aromatic N) is 1. The number of unbranched alkanes of at least 4 members (excludes halogenated alkanes) is 5. The normalized spacial score (nSPS) is 15.7. The van der Waals surface area contributed by atoms with Gasteiger partial charge in [0.2, 0.25) is 0 Å². The maximum Gasteiger partial charge on any atom is 0.340 e. The van der Waals surface area contributed by atoms with Gasteiger partial charge in [-0.1, -0.05) is 93.6 Å². The molecule has 1 N–H and O–H groups in total. The van der Waals surface area contributed by atoms with Crippen molar-refractivity contribution in [3.05, 3.63) is 125 Å². The van der Waals surface area contributed by atoms with Gasteiger partial charge < -0.3 is 19.4 Å². The summed E-state index contributed by atoms with van der Waals surface area (Å²) in [6.45, 7) is 9.91. The van der Waals surface area contributed by atoms with Gasteiger partial charge in [-0.05, 0) is 63.1 Å². The van der Waals surface area contributed by atoms with Crippen LogP contribution >= 0.6 is 0 Å². The average Bonchev–Trinajstić information content (AvgIpc) is 3.51. The first-order valence-corrected chi connectivity index (χ1v) is 16.5. The predicted molar refractivity (Wildman–Crippen MR) is 184 cm³/mol. The van der Waals surface area contributed by atoms with E-state index in [-0.39, 0.29) is 5.97 Å². The molecule has 0 spiro atoms. The van der Waals surface area contributed by atoms with Crippen molar-refractivity contribution in [1.82, 2.24) is 4.57 Å². The molecule has 1 aliphatic rings. The summed E-state index contributed by atoms with van der Waals surface area (Å²) in [6.07, 6.45) is 7.40. The Balaban J connectivity index is 1.53. The van der Waals surface area contributed by atoms with Crippen LogP contribution in [0.2, 0.25) is 0 Å². The molecule has 0 bridgehead atoms. The third kappa shape index (κ3) is 5.61. The number of fused-ring (bicyclic) bond motifs is 2. The highest BCUT2D eigenvalue weighted by atomic mass is 16.6. The number of para-hydroxylation sites is 2. The van der Waals surface area contributed by atoms with Crippen LogP contribution in [0.15, 0.2) is 91.0 Å². The Hall–Kier alpha value is -4.51. The zero-order chi connectivity index (χ0) is 31.4. The Morgan fingerprint density at radius 2 is 1.53 bits per heavy atom. The molecule has 0 saturated heterocycles. The minimum atomic E-state index is -1.17. The third-order valence-electron chi connectivity index (χ3n) is 9.18. The Morgan fingerprint density at radius 3 is 2.36 bits per heavy atom. The van der Waals surface area contributed by atoms with Crippen LogP contribution in [0, 0.1) is 13.8 Å². The van der Waals surface area contributed by atoms with Gasteiger partial charge >= 0.3 is 5.97 Å². The first kappa shape index (κ1) is 30.5. The van der Waals surface area contributed by atoms with E-state index in [1.807, 2.05) is 49.4 Å². The summed E-state index contributed by atoms with van der Waals surface area (Å²) in [5.74, 6) is 0.370. The van der Waals surface area contributed by atoms with Crippen LogP contribution in [0.1, 0.15) is 90.7 Å². The van der Waals surface area contributed by atoms with E-state index in [1.165, 1.54) is 32.1 Å². The van der Waals surface area contributed by atoms with E-state index in [1.54, 1.807) is 0 Å². The van der Waals surface area contributed by atoms with E-state index in [2.05, 4.69) is 79.2 Å². The molecule has 45 heavy (non-hydrogen) atoms. The Labute approximate surface area is 267 Å². The van der Waals surface area contributed by atoms with Gasteiger partial charge in [0.1, 0.15) is 5.75 Å². The highest BCUT2D eigenvalue weighted by Gasteiger charge is 2.52. The molecule has 0 aliphatic carbocycles. The molecule has 5 heteroatoms. The summed E-state index contributed by atoms with van der Waals surface area (Å²) in [7, 11) is 0. The van der Waals surface area contributed by atoms with Gasteiger partial charge in [0.05, 0.1) is 12.2 Å². The lowest BCUT2D eigenvalue weighted by atomic mass is 9.78. The molecule has 5 aromatic rings. The number of carbonyl (C=O) groups excluding carboxylic acids is 1. The Bertz CT molecular complexity index is 1820. The number of carbonyl (C=O) groups is 1. The van der Waals surface area contributed by atoms with Crippen LogP contribution in [-0.4, -0.2) is 17.1 Å². The number of hydrogen-bond acceptors (Lipinski definition) is 4. The number of cyclic esters (lactones) is 1. The van der Waals surface area contributed by atoms with Crippen molar-refractivity contribution in [2.75, 3.05) is 11.9 Å². The van der Waals surface area contributed by atoms with Crippen LogP contribution in [0.4, 0.5) is 11.4 Å². The Kier molecular flexibility index (Phi) is 8.97. The van der Waals surface area contributed by atoms with E-state index in [4.69, 9.17) is 9.47 Å². The molecule has 2 heterocycles. The molecule has 0 radical (unpaired) electrons. The topological polar surface area (TPSA) is 52.5 Å². The number of nitrogens with one attached hydrogen (secondary N) is 1. The van der Waals surface area contributed by atoms with Crippen LogP contribution in [0.3, 0.4) is 0 Å². The minimum absolute atomic E-state index is 0.317.